The second-order valence-electron chi connectivity index (χ2n) is 3.08. The van der Waals surface area contributed by atoms with Crippen LogP contribution in [-0.4, -0.2) is 27.9 Å². The Hall–Kier alpha value is -2.44. The molecule has 1 amide bonds. The van der Waals surface area contributed by atoms with Gasteiger partial charge in [0.2, 0.25) is 5.91 Å². The zero-order valence-corrected chi connectivity index (χ0v) is 8.79. The smallest absolute Gasteiger partial charge is 0.303 e. The zero-order valence-electron chi connectivity index (χ0n) is 8.79. The third-order valence-corrected chi connectivity index (χ3v) is 1.78. The number of amides is 1. The molecule has 1 aromatic heterocycles. The second kappa shape index (κ2) is 6.21. The summed E-state index contributed by atoms with van der Waals surface area (Å²) in [6, 6.07) is 2.91. The lowest BCUT2D eigenvalue weighted by atomic mass is 10.3. The number of nitrogens with zero attached hydrogens (tertiary/aromatic N) is 2. The summed E-state index contributed by atoms with van der Waals surface area (Å²) in [5.74, 6) is -2.31. The van der Waals surface area contributed by atoms with Crippen molar-refractivity contribution in [3.8, 4) is 0 Å². The Balaban J connectivity index is 2.48. The summed E-state index contributed by atoms with van der Waals surface area (Å²) >= 11 is 0. The summed E-state index contributed by atoms with van der Waals surface area (Å²) in [7, 11) is 0. The topological polar surface area (TPSA) is 115 Å². The molecule has 1 heterocycles. The molecule has 0 aliphatic rings. The summed E-state index contributed by atoms with van der Waals surface area (Å²) in [4.78, 5) is 25.0. The van der Waals surface area contributed by atoms with Gasteiger partial charge in [0.05, 0.1) is 6.42 Å². The number of rotatable bonds is 5. The van der Waals surface area contributed by atoms with Crippen LogP contribution in [0.25, 0.3) is 0 Å². The third-order valence-electron chi connectivity index (χ3n) is 1.78. The first kappa shape index (κ1) is 12.6. The minimum Gasteiger partial charge on any atom is -0.857 e. The van der Waals surface area contributed by atoms with Gasteiger partial charge in [-0.2, -0.15) is 5.10 Å². The van der Waals surface area contributed by atoms with Crippen LogP contribution in [-0.2, 0) is 9.59 Å². The SMILES string of the molecule is O=C(O)CCC(=O)N/N=C(\[O-])c1ccncc1. The molecule has 0 saturated carbocycles. The number of aromatic nitrogens is 1. The van der Waals surface area contributed by atoms with Crippen LogP contribution in [0.4, 0.5) is 0 Å². The van der Waals surface area contributed by atoms with Crippen molar-refractivity contribution in [2.45, 2.75) is 12.8 Å². The fourth-order valence-corrected chi connectivity index (χ4v) is 0.949. The van der Waals surface area contributed by atoms with Crippen molar-refractivity contribution in [3.63, 3.8) is 0 Å². The Labute approximate surface area is 96.8 Å². The number of carbonyl (C=O) groups excluding carboxylic acids is 1. The quantitative estimate of drug-likeness (QED) is 0.390. The van der Waals surface area contributed by atoms with Crippen molar-refractivity contribution in [2.24, 2.45) is 5.10 Å². The summed E-state index contributed by atoms with van der Waals surface area (Å²) in [5, 5.41) is 23.0. The van der Waals surface area contributed by atoms with E-state index in [-0.39, 0.29) is 12.8 Å². The third kappa shape index (κ3) is 4.74. The number of aliphatic carboxylic acids is 1. The molecule has 1 aromatic rings. The van der Waals surface area contributed by atoms with Gasteiger partial charge in [-0.1, -0.05) is 0 Å². The van der Waals surface area contributed by atoms with Crippen LogP contribution < -0.4 is 10.5 Å². The van der Waals surface area contributed by atoms with Gasteiger partial charge in [0, 0.05) is 24.7 Å². The predicted molar refractivity (Wildman–Crippen MR) is 55.8 cm³/mol. The molecular formula is C10H10N3O4-. The van der Waals surface area contributed by atoms with E-state index in [0.29, 0.717) is 5.56 Å². The Morgan fingerprint density at radius 1 is 1.35 bits per heavy atom. The minimum atomic E-state index is -1.08. The van der Waals surface area contributed by atoms with E-state index in [0.717, 1.165) is 0 Å². The van der Waals surface area contributed by atoms with Gasteiger partial charge in [-0.3, -0.25) is 14.6 Å². The molecule has 1 rings (SSSR count). The summed E-state index contributed by atoms with van der Waals surface area (Å²) in [6.07, 6.45) is 2.33. The highest BCUT2D eigenvalue weighted by Gasteiger charge is 2.03. The molecule has 2 N–H and O–H groups in total. The minimum absolute atomic E-state index is 0.220. The summed E-state index contributed by atoms with van der Waals surface area (Å²) in [5.41, 5.74) is 2.28. The van der Waals surface area contributed by atoms with Crippen LogP contribution in [0.3, 0.4) is 0 Å². The Bertz CT molecular complexity index is 430. The first-order valence-electron chi connectivity index (χ1n) is 4.75. The molecule has 7 nitrogen and oxygen atoms in total. The van der Waals surface area contributed by atoms with Gasteiger partial charge in [-0.05, 0) is 17.7 Å². The van der Waals surface area contributed by atoms with E-state index in [4.69, 9.17) is 5.11 Å². The maximum absolute atomic E-state index is 11.4. The van der Waals surface area contributed by atoms with Crippen LogP contribution in [0, 0.1) is 0 Å². The lowest BCUT2D eigenvalue weighted by Gasteiger charge is -2.09. The maximum atomic E-state index is 11.4. The van der Waals surface area contributed by atoms with E-state index in [1.54, 1.807) is 0 Å². The van der Waals surface area contributed by atoms with Crippen molar-refractivity contribution < 1.29 is 19.8 Å². The second-order valence-corrected chi connectivity index (χ2v) is 3.08. The van der Waals surface area contributed by atoms with Crippen molar-refractivity contribution in [1.29, 1.82) is 0 Å². The van der Waals surface area contributed by atoms with E-state index < -0.39 is 17.8 Å². The molecule has 17 heavy (non-hydrogen) atoms. The number of hydrazone groups is 1. The first-order valence-corrected chi connectivity index (χ1v) is 4.75. The molecule has 0 aromatic carbocycles. The highest BCUT2D eigenvalue weighted by Crippen LogP contribution is 1.94. The molecule has 0 aliphatic heterocycles. The number of carboxylic acids is 1. The van der Waals surface area contributed by atoms with Crippen molar-refractivity contribution >= 4 is 17.8 Å². The zero-order chi connectivity index (χ0) is 12.7. The van der Waals surface area contributed by atoms with Gasteiger partial charge >= 0.3 is 5.97 Å². The molecule has 7 heteroatoms. The van der Waals surface area contributed by atoms with Crippen molar-refractivity contribution in [1.82, 2.24) is 10.4 Å². The average Bonchev–Trinajstić information content (AvgIpc) is 2.34. The molecule has 0 spiro atoms. The van der Waals surface area contributed by atoms with Crippen LogP contribution in [0.15, 0.2) is 29.6 Å². The summed E-state index contributed by atoms with van der Waals surface area (Å²) < 4.78 is 0. The maximum Gasteiger partial charge on any atom is 0.303 e. The lowest BCUT2D eigenvalue weighted by molar-refractivity contribution is -0.213. The van der Waals surface area contributed by atoms with Crippen LogP contribution in [0.5, 0.6) is 0 Å². The average molecular weight is 236 g/mol. The first-order chi connectivity index (χ1) is 8.09. The number of carboxylic acid groups (broad SMARTS) is 1. The number of hydrogen-bond donors (Lipinski definition) is 2. The number of hydrogen-bond acceptors (Lipinski definition) is 5. The van der Waals surface area contributed by atoms with Crippen LogP contribution >= 0.6 is 0 Å². The van der Waals surface area contributed by atoms with Gasteiger partial charge in [0.15, 0.2) is 0 Å². The molecule has 0 bridgehead atoms. The lowest BCUT2D eigenvalue weighted by Crippen LogP contribution is -2.26. The largest absolute Gasteiger partial charge is 0.857 e. The number of pyridine rings is 1. The Morgan fingerprint density at radius 3 is 2.59 bits per heavy atom. The standard InChI is InChI=1S/C10H11N3O4/c14-8(1-2-9(15)16)12-13-10(17)7-3-5-11-6-4-7/h3-6H,1-2H2,(H,12,14)(H,13,17)(H,15,16)/p-1. The molecule has 0 aliphatic carbocycles. The van der Waals surface area contributed by atoms with Gasteiger partial charge in [-0.15, -0.1) is 0 Å². The van der Waals surface area contributed by atoms with Gasteiger partial charge < -0.3 is 10.2 Å². The van der Waals surface area contributed by atoms with E-state index >= 15 is 0 Å². The van der Waals surface area contributed by atoms with Crippen LogP contribution in [0.1, 0.15) is 18.4 Å². The molecule has 90 valence electrons. The highest BCUT2D eigenvalue weighted by molar-refractivity contribution is 5.91. The van der Waals surface area contributed by atoms with E-state index in [1.807, 2.05) is 5.43 Å². The Morgan fingerprint density at radius 2 is 2.00 bits per heavy atom. The highest BCUT2D eigenvalue weighted by atomic mass is 16.4. The van der Waals surface area contributed by atoms with E-state index in [1.165, 1.54) is 24.5 Å². The van der Waals surface area contributed by atoms with Gasteiger partial charge in [0.1, 0.15) is 0 Å². The number of carbonyl (C=O) groups is 2. The molecule has 0 radical (unpaired) electrons. The van der Waals surface area contributed by atoms with E-state index in [9.17, 15) is 14.7 Å². The van der Waals surface area contributed by atoms with Gasteiger partial charge in [-0.25, -0.2) is 5.43 Å². The molecule has 0 unspecified atom stereocenters. The van der Waals surface area contributed by atoms with Gasteiger partial charge in [0.25, 0.3) is 0 Å². The molecule has 0 saturated heterocycles. The Kier molecular flexibility index (Phi) is 4.61. The monoisotopic (exact) mass is 236 g/mol. The molecular weight excluding hydrogens is 226 g/mol. The normalized spacial score (nSPS) is 10.9. The molecule has 0 atom stereocenters. The van der Waals surface area contributed by atoms with Crippen LogP contribution in [0.2, 0.25) is 0 Å². The number of nitrogens with one attached hydrogen (secondary N) is 1. The summed E-state index contributed by atoms with van der Waals surface area (Å²) in [6.45, 7) is 0. The van der Waals surface area contributed by atoms with Crippen molar-refractivity contribution in [2.75, 3.05) is 0 Å². The fourth-order valence-electron chi connectivity index (χ4n) is 0.949. The van der Waals surface area contributed by atoms with Crippen molar-refractivity contribution in [3.05, 3.63) is 30.1 Å². The molecule has 0 fully saturated rings. The van der Waals surface area contributed by atoms with E-state index in [2.05, 4.69) is 10.1 Å². The fraction of sp³-hybridized carbons (Fsp3) is 0.200. The predicted octanol–water partition coefficient (Wildman–Crippen LogP) is -0.915.